The highest BCUT2D eigenvalue weighted by molar-refractivity contribution is 8.15. The molecule has 0 aliphatic carbocycles. The van der Waals surface area contributed by atoms with Crippen molar-refractivity contribution in [3.8, 4) is 0 Å². The van der Waals surface area contributed by atoms with Gasteiger partial charge in [-0.15, -0.1) is 0 Å². The number of hydrogen-bond acceptors (Lipinski definition) is 4. The van der Waals surface area contributed by atoms with E-state index in [1.807, 2.05) is 0 Å². The number of hydrogen-bond donors (Lipinski definition) is 3. The van der Waals surface area contributed by atoms with E-state index in [-0.39, 0.29) is 22.6 Å². The molecule has 0 unspecified atom stereocenters. The van der Waals surface area contributed by atoms with Gasteiger partial charge >= 0.3 is 0 Å². The Morgan fingerprint density at radius 2 is 2.14 bits per heavy atom. The Balaban J connectivity index is 1.98. The number of carbonyl (C=O) groups is 2. The Hall–Kier alpha value is -1.77. The van der Waals surface area contributed by atoms with Crippen LogP contribution in [-0.2, 0) is 9.59 Å². The topological polar surface area (TPSA) is 123 Å². The molecule has 1 atom stereocenters. The maximum atomic E-state index is 12.0. The molecule has 1 aromatic rings. The van der Waals surface area contributed by atoms with Gasteiger partial charge < -0.3 is 16.8 Å². The Kier molecular flexibility index (Phi) is 5.28. The fraction of sp³-hybridized carbons (Fsp3) is 0.167. The lowest BCUT2D eigenvalue weighted by Gasteiger charge is -2.09. The highest BCUT2D eigenvalue weighted by Crippen LogP contribution is 2.30. The van der Waals surface area contributed by atoms with Crippen molar-refractivity contribution in [1.29, 1.82) is 0 Å². The summed E-state index contributed by atoms with van der Waals surface area (Å²) in [5, 5.41) is 2.63. The zero-order chi connectivity index (χ0) is 16.3. The second kappa shape index (κ2) is 6.99. The van der Waals surface area contributed by atoms with Crippen LogP contribution in [0.5, 0.6) is 0 Å². The van der Waals surface area contributed by atoms with E-state index in [0.29, 0.717) is 10.7 Å². The second-order valence-corrected chi connectivity index (χ2v) is 6.18. The van der Waals surface area contributed by atoms with Gasteiger partial charge in [0.25, 0.3) is 5.91 Å². The molecule has 0 spiro atoms. The third-order valence-electron chi connectivity index (χ3n) is 2.55. The number of aliphatic imine (C=N–C) groups is 2. The highest BCUT2D eigenvalue weighted by atomic mass is 35.5. The van der Waals surface area contributed by atoms with Crippen molar-refractivity contribution in [3.05, 3.63) is 28.2 Å². The van der Waals surface area contributed by atoms with Crippen LogP contribution in [0.2, 0.25) is 10.0 Å². The van der Waals surface area contributed by atoms with E-state index < -0.39 is 17.1 Å². The fourth-order valence-electron chi connectivity index (χ4n) is 1.63. The summed E-state index contributed by atoms with van der Waals surface area (Å²) >= 11 is 12.9. The van der Waals surface area contributed by atoms with Crippen LogP contribution in [0.3, 0.4) is 0 Å². The molecule has 22 heavy (non-hydrogen) atoms. The first-order chi connectivity index (χ1) is 10.4. The van der Waals surface area contributed by atoms with Gasteiger partial charge in [0.15, 0.2) is 11.1 Å². The van der Waals surface area contributed by atoms with Crippen LogP contribution in [0.1, 0.15) is 6.42 Å². The van der Waals surface area contributed by atoms with Gasteiger partial charge in [0.1, 0.15) is 5.25 Å². The van der Waals surface area contributed by atoms with Crippen LogP contribution in [0, 0.1) is 0 Å². The summed E-state index contributed by atoms with van der Waals surface area (Å²) in [4.78, 5) is 31.0. The molecule has 1 aliphatic rings. The van der Waals surface area contributed by atoms with E-state index in [1.165, 1.54) is 0 Å². The van der Waals surface area contributed by atoms with Crippen LogP contribution >= 0.6 is 35.0 Å². The van der Waals surface area contributed by atoms with Gasteiger partial charge in [-0.3, -0.25) is 9.59 Å². The minimum atomic E-state index is -0.670. The van der Waals surface area contributed by atoms with Crippen molar-refractivity contribution < 1.29 is 9.59 Å². The first-order valence-electron chi connectivity index (χ1n) is 5.99. The van der Waals surface area contributed by atoms with Gasteiger partial charge in [-0.05, 0) is 12.1 Å². The fourth-order valence-corrected chi connectivity index (χ4v) is 2.92. The van der Waals surface area contributed by atoms with Crippen molar-refractivity contribution in [2.45, 2.75) is 11.7 Å². The predicted molar refractivity (Wildman–Crippen MR) is 89.3 cm³/mol. The molecule has 0 saturated heterocycles. The van der Waals surface area contributed by atoms with E-state index in [4.69, 9.17) is 34.7 Å². The number of halogens is 2. The lowest BCUT2D eigenvalue weighted by molar-refractivity contribution is -0.121. The number of guanidine groups is 1. The van der Waals surface area contributed by atoms with Gasteiger partial charge in [0.05, 0.1) is 15.7 Å². The van der Waals surface area contributed by atoms with Gasteiger partial charge in [0.2, 0.25) is 5.91 Å². The molecule has 0 radical (unpaired) electrons. The maximum absolute atomic E-state index is 12.0. The number of carbonyl (C=O) groups excluding carboxylic acids is 2. The molecule has 0 fully saturated rings. The lowest BCUT2D eigenvalue weighted by atomic mass is 10.2. The molecule has 1 heterocycles. The quantitative estimate of drug-likeness (QED) is 0.558. The predicted octanol–water partition coefficient (Wildman–Crippen LogP) is 1.59. The van der Waals surface area contributed by atoms with Gasteiger partial charge in [-0.25, -0.2) is 0 Å². The maximum Gasteiger partial charge on any atom is 0.262 e. The second-order valence-electron chi connectivity index (χ2n) is 4.23. The SMILES string of the molecule is NC(N)=NC1=NC(=O)[C@H](CC(=O)Nc2cccc(Cl)c2Cl)S1. The first-order valence-corrected chi connectivity index (χ1v) is 7.63. The summed E-state index contributed by atoms with van der Waals surface area (Å²) in [7, 11) is 0. The Labute approximate surface area is 140 Å². The minimum absolute atomic E-state index is 0.0840. The molecule has 1 aromatic carbocycles. The third-order valence-corrected chi connectivity index (χ3v) is 4.42. The van der Waals surface area contributed by atoms with Crippen molar-refractivity contribution in [1.82, 2.24) is 0 Å². The van der Waals surface area contributed by atoms with E-state index in [9.17, 15) is 9.59 Å². The standard InChI is InChI=1S/C12H11Cl2N5O2S/c13-5-2-1-3-6(9(5)14)17-8(20)4-7-10(21)18-12(22-7)19-11(15)16/h1-3,7H,4H2,(H,17,20)(H4,15,16,18,19,21)/t7-/m0/s1. The smallest absolute Gasteiger partial charge is 0.262 e. The van der Waals surface area contributed by atoms with Crippen LogP contribution in [0.25, 0.3) is 0 Å². The molecular formula is C12H11Cl2N5O2S. The summed E-state index contributed by atoms with van der Waals surface area (Å²) < 4.78 is 0. The molecule has 2 amide bonds. The molecule has 2 rings (SSSR count). The van der Waals surface area contributed by atoms with Gasteiger partial charge in [0, 0.05) is 6.42 Å². The molecule has 10 heteroatoms. The molecule has 7 nitrogen and oxygen atoms in total. The number of nitrogens with two attached hydrogens (primary N) is 2. The highest BCUT2D eigenvalue weighted by Gasteiger charge is 2.30. The monoisotopic (exact) mass is 359 g/mol. The zero-order valence-electron chi connectivity index (χ0n) is 11.0. The van der Waals surface area contributed by atoms with E-state index in [0.717, 1.165) is 11.8 Å². The number of nitrogens with one attached hydrogen (secondary N) is 1. The van der Waals surface area contributed by atoms with Crippen LogP contribution in [0.15, 0.2) is 28.2 Å². The number of amidine groups is 1. The summed E-state index contributed by atoms with van der Waals surface area (Å²) in [6, 6.07) is 4.86. The Morgan fingerprint density at radius 3 is 2.82 bits per heavy atom. The number of benzene rings is 1. The van der Waals surface area contributed by atoms with E-state index >= 15 is 0 Å². The first kappa shape index (κ1) is 16.6. The normalized spacial score (nSPS) is 17.1. The Morgan fingerprint density at radius 1 is 1.41 bits per heavy atom. The molecule has 5 N–H and O–H groups in total. The minimum Gasteiger partial charge on any atom is -0.370 e. The van der Waals surface area contributed by atoms with Crippen molar-refractivity contribution in [3.63, 3.8) is 0 Å². The van der Waals surface area contributed by atoms with Crippen LogP contribution in [0.4, 0.5) is 5.69 Å². The van der Waals surface area contributed by atoms with Crippen molar-refractivity contribution in [2.24, 2.45) is 21.5 Å². The molecular weight excluding hydrogens is 349 g/mol. The van der Waals surface area contributed by atoms with E-state index in [1.54, 1.807) is 18.2 Å². The molecule has 0 aromatic heterocycles. The zero-order valence-corrected chi connectivity index (χ0v) is 13.4. The average molecular weight is 360 g/mol. The molecule has 0 saturated carbocycles. The summed E-state index contributed by atoms with van der Waals surface area (Å²) in [5.74, 6) is -1.05. The van der Waals surface area contributed by atoms with Gasteiger partial charge in [-0.1, -0.05) is 41.0 Å². The number of thioether (sulfide) groups is 1. The average Bonchev–Trinajstić information content (AvgIpc) is 2.74. The Bertz CT molecular complexity index is 688. The van der Waals surface area contributed by atoms with Crippen molar-refractivity contribution >= 4 is 63.6 Å². The van der Waals surface area contributed by atoms with Crippen LogP contribution < -0.4 is 16.8 Å². The molecule has 0 bridgehead atoms. The summed E-state index contributed by atoms with van der Waals surface area (Å²) in [6.07, 6.45) is -0.0840. The summed E-state index contributed by atoms with van der Waals surface area (Å²) in [6.45, 7) is 0. The van der Waals surface area contributed by atoms with E-state index in [2.05, 4.69) is 15.3 Å². The number of anilines is 1. The van der Waals surface area contributed by atoms with Gasteiger partial charge in [-0.2, -0.15) is 9.98 Å². The third kappa shape index (κ3) is 4.12. The number of nitrogens with zero attached hydrogens (tertiary/aromatic N) is 2. The van der Waals surface area contributed by atoms with Crippen LogP contribution in [-0.4, -0.2) is 28.2 Å². The molecule has 116 valence electrons. The summed E-state index contributed by atoms with van der Waals surface area (Å²) in [5.41, 5.74) is 10.8. The largest absolute Gasteiger partial charge is 0.370 e. The molecule has 1 aliphatic heterocycles. The number of rotatable bonds is 3. The number of amides is 2. The van der Waals surface area contributed by atoms with Crippen molar-refractivity contribution in [2.75, 3.05) is 5.32 Å². The lowest BCUT2D eigenvalue weighted by Crippen LogP contribution is -2.23.